The summed E-state index contributed by atoms with van der Waals surface area (Å²) >= 11 is 0. The van der Waals surface area contributed by atoms with E-state index in [1.807, 2.05) is 47.4 Å². The number of pyridine rings is 1. The summed E-state index contributed by atoms with van der Waals surface area (Å²) < 4.78 is 5.87. The Hall–Kier alpha value is -2.36. The van der Waals surface area contributed by atoms with Gasteiger partial charge in [0.2, 0.25) is 12.3 Å². The molecule has 1 aliphatic heterocycles. The van der Waals surface area contributed by atoms with Crippen molar-refractivity contribution >= 4 is 6.41 Å². The molecule has 2 heterocycles. The zero-order valence-electron chi connectivity index (χ0n) is 11.8. The van der Waals surface area contributed by atoms with Crippen molar-refractivity contribution in [2.45, 2.75) is 25.5 Å². The topological polar surface area (TPSA) is 42.4 Å². The van der Waals surface area contributed by atoms with Gasteiger partial charge >= 0.3 is 0 Å². The van der Waals surface area contributed by atoms with Crippen LogP contribution in [0.1, 0.15) is 30.0 Å². The maximum Gasteiger partial charge on any atom is 0.218 e. The number of amides is 1. The van der Waals surface area contributed by atoms with Gasteiger partial charge in [-0.3, -0.25) is 4.79 Å². The summed E-state index contributed by atoms with van der Waals surface area (Å²) in [6.45, 7) is 1.29. The maximum absolute atomic E-state index is 11.1. The summed E-state index contributed by atoms with van der Waals surface area (Å²) in [5.41, 5.74) is 2.10. The van der Waals surface area contributed by atoms with Gasteiger partial charge in [0.15, 0.2) is 0 Å². The Morgan fingerprint density at radius 1 is 1.24 bits per heavy atom. The van der Waals surface area contributed by atoms with Crippen LogP contribution in [0.2, 0.25) is 0 Å². The van der Waals surface area contributed by atoms with Crippen molar-refractivity contribution < 1.29 is 9.53 Å². The lowest BCUT2D eigenvalue weighted by molar-refractivity contribution is -0.118. The van der Waals surface area contributed by atoms with Gasteiger partial charge < -0.3 is 9.64 Å². The highest BCUT2D eigenvalue weighted by atomic mass is 16.5. The van der Waals surface area contributed by atoms with Crippen molar-refractivity contribution in [2.24, 2.45) is 0 Å². The lowest BCUT2D eigenvalue weighted by atomic mass is 10.1. The monoisotopic (exact) mass is 282 g/mol. The SMILES string of the molecule is O=CN1CCC[C@@H]1c1cccnc1OCc1ccccc1. The number of hydrogen-bond donors (Lipinski definition) is 0. The third-order valence-electron chi connectivity index (χ3n) is 3.81. The van der Waals surface area contributed by atoms with E-state index in [-0.39, 0.29) is 6.04 Å². The molecule has 0 aliphatic carbocycles. The van der Waals surface area contributed by atoms with Gasteiger partial charge in [0.25, 0.3) is 0 Å². The van der Waals surface area contributed by atoms with Crippen LogP contribution in [0.3, 0.4) is 0 Å². The average molecular weight is 282 g/mol. The van der Waals surface area contributed by atoms with Gasteiger partial charge in [0.05, 0.1) is 6.04 Å². The van der Waals surface area contributed by atoms with Crippen molar-refractivity contribution in [1.82, 2.24) is 9.88 Å². The molecule has 0 unspecified atom stereocenters. The molecule has 1 saturated heterocycles. The zero-order chi connectivity index (χ0) is 14.5. The number of hydrogen-bond acceptors (Lipinski definition) is 3. The Morgan fingerprint density at radius 3 is 2.90 bits per heavy atom. The lowest BCUT2D eigenvalue weighted by Crippen LogP contribution is -2.21. The van der Waals surface area contributed by atoms with E-state index in [2.05, 4.69) is 4.98 Å². The number of carbonyl (C=O) groups is 1. The predicted molar refractivity (Wildman–Crippen MR) is 79.8 cm³/mol. The van der Waals surface area contributed by atoms with E-state index < -0.39 is 0 Å². The molecule has 0 spiro atoms. The van der Waals surface area contributed by atoms with E-state index in [0.29, 0.717) is 12.5 Å². The second-order valence-electron chi connectivity index (χ2n) is 5.17. The fraction of sp³-hybridized carbons (Fsp3) is 0.294. The maximum atomic E-state index is 11.1. The molecule has 3 rings (SSSR count). The molecule has 0 N–H and O–H groups in total. The van der Waals surface area contributed by atoms with Crippen LogP contribution in [0.15, 0.2) is 48.7 Å². The number of benzene rings is 1. The highest BCUT2D eigenvalue weighted by molar-refractivity contribution is 5.50. The highest BCUT2D eigenvalue weighted by Gasteiger charge is 2.27. The summed E-state index contributed by atoms with van der Waals surface area (Å²) in [5, 5.41) is 0. The fourth-order valence-corrected chi connectivity index (χ4v) is 2.75. The van der Waals surface area contributed by atoms with Crippen LogP contribution in [-0.2, 0) is 11.4 Å². The average Bonchev–Trinajstić information content (AvgIpc) is 3.02. The molecule has 0 radical (unpaired) electrons. The van der Waals surface area contributed by atoms with Gasteiger partial charge in [-0.1, -0.05) is 36.4 Å². The normalized spacial score (nSPS) is 17.7. The van der Waals surface area contributed by atoms with Crippen LogP contribution in [0, 0.1) is 0 Å². The van der Waals surface area contributed by atoms with E-state index in [1.54, 1.807) is 6.20 Å². The van der Waals surface area contributed by atoms with Gasteiger partial charge in [0.1, 0.15) is 6.61 Å². The van der Waals surface area contributed by atoms with Gasteiger partial charge in [0, 0.05) is 18.3 Å². The van der Waals surface area contributed by atoms with E-state index in [1.165, 1.54) is 0 Å². The molecule has 21 heavy (non-hydrogen) atoms. The van der Waals surface area contributed by atoms with Crippen LogP contribution in [0.5, 0.6) is 5.88 Å². The number of likely N-dealkylation sites (tertiary alicyclic amines) is 1. The summed E-state index contributed by atoms with van der Waals surface area (Å²) in [5.74, 6) is 0.625. The van der Waals surface area contributed by atoms with Crippen molar-refractivity contribution in [3.63, 3.8) is 0 Å². The second-order valence-corrected chi connectivity index (χ2v) is 5.17. The van der Waals surface area contributed by atoms with Crippen LogP contribution >= 0.6 is 0 Å². The molecule has 1 aromatic carbocycles. The Labute approximate surface area is 124 Å². The summed E-state index contributed by atoms with van der Waals surface area (Å²) in [4.78, 5) is 17.3. The summed E-state index contributed by atoms with van der Waals surface area (Å²) in [7, 11) is 0. The molecule has 1 atom stereocenters. The van der Waals surface area contributed by atoms with E-state index in [0.717, 1.165) is 36.9 Å². The number of nitrogens with zero attached hydrogens (tertiary/aromatic N) is 2. The standard InChI is InChI=1S/C17H18N2O2/c20-13-19-11-5-9-16(19)15-8-4-10-18-17(15)21-12-14-6-2-1-3-7-14/h1-4,6-8,10,13,16H,5,9,11-12H2/t16-/m1/s1. The zero-order valence-corrected chi connectivity index (χ0v) is 11.8. The van der Waals surface area contributed by atoms with Gasteiger partial charge in [-0.25, -0.2) is 4.98 Å². The molecule has 4 heteroatoms. The minimum absolute atomic E-state index is 0.0852. The van der Waals surface area contributed by atoms with E-state index >= 15 is 0 Å². The summed E-state index contributed by atoms with van der Waals surface area (Å²) in [6, 6.07) is 14.0. The number of aromatic nitrogens is 1. The Kier molecular flexibility index (Phi) is 4.15. The molecule has 1 aromatic heterocycles. The molecule has 108 valence electrons. The fourth-order valence-electron chi connectivity index (χ4n) is 2.75. The third-order valence-corrected chi connectivity index (χ3v) is 3.81. The van der Waals surface area contributed by atoms with Crippen molar-refractivity contribution in [3.8, 4) is 5.88 Å². The number of ether oxygens (including phenoxy) is 1. The molecule has 1 fully saturated rings. The van der Waals surface area contributed by atoms with Crippen molar-refractivity contribution in [1.29, 1.82) is 0 Å². The number of rotatable bonds is 5. The van der Waals surface area contributed by atoms with Crippen LogP contribution in [0.25, 0.3) is 0 Å². The predicted octanol–water partition coefficient (Wildman–Crippen LogP) is 2.95. The van der Waals surface area contributed by atoms with Crippen molar-refractivity contribution in [3.05, 3.63) is 59.8 Å². The quantitative estimate of drug-likeness (QED) is 0.792. The first-order chi connectivity index (χ1) is 10.4. The highest BCUT2D eigenvalue weighted by Crippen LogP contribution is 2.35. The van der Waals surface area contributed by atoms with E-state index in [9.17, 15) is 4.79 Å². The van der Waals surface area contributed by atoms with Crippen molar-refractivity contribution in [2.75, 3.05) is 6.54 Å². The molecular weight excluding hydrogens is 264 g/mol. The molecule has 1 amide bonds. The van der Waals surface area contributed by atoms with Crippen LogP contribution in [-0.4, -0.2) is 22.8 Å². The van der Waals surface area contributed by atoms with Crippen LogP contribution < -0.4 is 4.74 Å². The Bertz CT molecular complexity index is 601. The molecule has 4 nitrogen and oxygen atoms in total. The minimum Gasteiger partial charge on any atom is -0.473 e. The van der Waals surface area contributed by atoms with Gasteiger partial charge in [-0.05, 0) is 24.5 Å². The van der Waals surface area contributed by atoms with Gasteiger partial charge in [-0.15, -0.1) is 0 Å². The van der Waals surface area contributed by atoms with E-state index in [4.69, 9.17) is 4.74 Å². The molecular formula is C17H18N2O2. The Morgan fingerprint density at radius 2 is 2.10 bits per heavy atom. The smallest absolute Gasteiger partial charge is 0.218 e. The Balaban J connectivity index is 1.78. The molecule has 0 bridgehead atoms. The van der Waals surface area contributed by atoms with Gasteiger partial charge in [-0.2, -0.15) is 0 Å². The minimum atomic E-state index is 0.0852. The largest absolute Gasteiger partial charge is 0.473 e. The third kappa shape index (κ3) is 3.05. The number of carbonyl (C=O) groups excluding carboxylic acids is 1. The first kappa shape index (κ1) is 13.6. The van der Waals surface area contributed by atoms with Crippen LogP contribution in [0.4, 0.5) is 0 Å². The molecule has 0 saturated carbocycles. The second kappa shape index (κ2) is 6.39. The molecule has 2 aromatic rings. The molecule has 1 aliphatic rings. The first-order valence-corrected chi connectivity index (χ1v) is 7.21. The first-order valence-electron chi connectivity index (χ1n) is 7.21. The summed E-state index contributed by atoms with van der Waals surface area (Å²) in [6.07, 6.45) is 4.64. The lowest BCUT2D eigenvalue weighted by Gasteiger charge is -2.22.